The third-order valence-electron chi connectivity index (χ3n) is 3.00. The summed E-state index contributed by atoms with van der Waals surface area (Å²) in [6, 6.07) is 9.11. The van der Waals surface area contributed by atoms with Crippen LogP contribution in [0.3, 0.4) is 0 Å². The fourth-order valence-electron chi connectivity index (χ4n) is 2.15. The van der Waals surface area contributed by atoms with E-state index in [0.29, 0.717) is 11.0 Å². The predicted molar refractivity (Wildman–Crippen MR) is 70.1 cm³/mol. The van der Waals surface area contributed by atoms with E-state index in [1.54, 1.807) is 6.07 Å². The van der Waals surface area contributed by atoms with E-state index in [-0.39, 0.29) is 11.6 Å². The normalized spacial score (nSPS) is 11.1. The van der Waals surface area contributed by atoms with Gasteiger partial charge in [0.25, 0.3) is 0 Å². The average Bonchev–Trinajstić information content (AvgIpc) is 2.65. The molecule has 0 saturated carbocycles. The molecule has 0 unspecified atom stereocenters. The number of nitrogens with two attached hydrogens (primary N) is 1. The first-order valence-electron chi connectivity index (χ1n) is 5.77. The first kappa shape index (κ1) is 11.6. The van der Waals surface area contributed by atoms with Crippen LogP contribution in [0, 0.1) is 18.6 Å². The first-order chi connectivity index (χ1) is 9.08. The smallest absolute Gasteiger partial charge is 0.206 e. The summed E-state index contributed by atoms with van der Waals surface area (Å²) < 4.78 is 29.0. The van der Waals surface area contributed by atoms with Crippen LogP contribution in [-0.2, 0) is 0 Å². The van der Waals surface area contributed by atoms with Crippen LogP contribution < -0.4 is 5.73 Å². The van der Waals surface area contributed by atoms with Gasteiger partial charge < -0.3 is 5.73 Å². The molecule has 0 atom stereocenters. The second-order valence-electron chi connectivity index (χ2n) is 4.37. The van der Waals surface area contributed by atoms with Crippen molar-refractivity contribution in [3.8, 4) is 5.69 Å². The Hall–Kier alpha value is -2.43. The lowest BCUT2D eigenvalue weighted by molar-refractivity contribution is 0.572. The van der Waals surface area contributed by atoms with Crippen LogP contribution in [-0.4, -0.2) is 9.55 Å². The number of fused-ring (bicyclic) bond motifs is 1. The fourth-order valence-corrected chi connectivity index (χ4v) is 2.15. The second kappa shape index (κ2) is 4.05. The van der Waals surface area contributed by atoms with Crippen LogP contribution in [0.2, 0.25) is 0 Å². The van der Waals surface area contributed by atoms with E-state index < -0.39 is 11.6 Å². The molecule has 1 heterocycles. The third kappa shape index (κ3) is 1.74. The summed E-state index contributed by atoms with van der Waals surface area (Å²) in [4.78, 5) is 4.14. The van der Waals surface area contributed by atoms with Gasteiger partial charge in [0.05, 0.1) is 11.0 Å². The molecule has 0 bridgehead atoms. The van der Waals surface area contributed by atoms with E-state index >= 15 is 0 Å². The fraction of sp³-hybridized carbons (Fsp3) is 0.0714. The van der Waals surface area contributed by atoms with Crippen molar-refractivity contribution >= 4 is 17.0 Å². The molecular weight excluding hydrogens is 248 g/mol. The van der Waals surface area contributed by atoms with Gasteiger partial charge in [0.1, 0.15) is 17.3 Å². The third-order valence-corrected chi connectivity index (χ3v) is 3.00. The molecular formula is C14H11F2N3. The quantitative estimate of drug-likeness (QED) is 0.729. The Kier molecular flexibility index (Phi) is 2.48. The Labute approximate surface area is 108 Å². The SMILES string of the molecule is Cc1ccc2c(c1)nc(N)n2-c1c(F)cccc1F. The summed E-state index contributed by atoms with van der Waals surface area (Å²) in [5.74, 6) is -1.29. The van der Waals surface area contributed by atoms with Gasteiger partial charge in [-0.25, -0.2) is 13.8 Å². The van der Waals surface area contributed by atoms with Gasteiger partial charge in [0.15, 0.2) is 0 Å². The molecule has 0 fully saturated rings. The molecule has 2 aromatic carbocycles. The first-order valence-corrected chi connectivity index (χ1v) is 5.77. The maximum Gasteiger partial charge on any atom is 0.206 e. The largest absolute Gasteiger partial charge is 0.369 e. The van der Waals surface area contributed by atoms with Crippen molar-refractivity contribution in [2.45, 2.75) is 6.92 Å². The van der Waals surface area contributed by atoms with Crippen molar-refractivity contribution < 1.29 is 8.78 Å². The number of nitrogen functional groups attached to an aromatic ring is 1. The zero-order valence-corrected chi connectivity index (χ0v) is 10.2. The topological polar surface area (TPSA) is 43.8 Å². The number of aromatic nitrogens is 2. The number of para-hydroxylation sites is 1. The highest BCUT2D eigenvalue weighted by molar-refractivity contribution is 5.81. The lowest BCUT2D eigenvalue weighted by atomic mass is 10.2. The number of anilines is 1. The Bertz CT molecular complexity index is 757. The van der Waals surface area contributed by atoms with Crippen molar-refractivity contribution in [2.75, 3.05) is 5.73 Å². The number of hydrogen-bond acceptors (Lipinski definition) is 2. The second-order valence-corrected chi connectivity index (χ2v) is 4.37. The minimum absolute atomic E-state index is 0.0598. The predicted octanol–water partition coefficient (Wildman–Crippen LogP) is 3.19. The van der Waals surface area contributed by atoms with Gasteiger partial charge in [0, 0.05) is 0 Å². The highest BCUT2D eigenvalue weighted by Gasteiger charge is 2.17. The summed E-state index contributed by atoms with van der Waals surface area (Å²) in [7, 11) is 0. The van der Waals surface area contributed by atoms with Crippen LogP contribution in [0.15, 0.2) is 36.4 Å². The molecule has 0 aliphatic carbocycles. The summed E-state index contributed by atoms with van der Waals surface area (Å²) in [6.07, 6.45) is 0. The van der Waals surface area contributed by atoms with Crippen LogP contribution in [0.1, 0.15) is 5.56 Å². The number of aryl methyl sites for hydroxylation is 1. The number of imidazole rings is 1. The Morgan fingerprint density at radius 3 is 2.47 bits per heavy atom. The van der Waals surface area contributed by atoms with Gasteiger partial charge in [-0.05, 0) is 36.8 Å². The monoisotopic (exact) mass is 259 g/mol. The van der Waals surface area contributed by atoms with E-state index in [1.165, 1.54) is 22.8 Å². The molecule has 96 valence electrons. The van der Waals surface area contributed by atoms with Gasteiger partial charge in [-0.1, -0.05) is 12.1 Å². The van der Waals surface area contributed by atoms with E-state index in [9.17, 15) is 8.78 Å². The maximum atomic E-state index is 13.9. The molecule has 1 aromatic heterocycles. The summed E-state index contributed by atoms with van der Waals surface area (Å²) in [6.45, 7) is 1.92. The average molecular weight is 259 g/mol. The number of halogens is 2. The molecule has 0 aliphatic heterocycles. The highest BCUT2D eigenvalue weighted by Crippen LogP contribution is 2.27. The van der Waals surface area contributed by atoms with Crippen LogP contribution in [0.4, 0.5) is 14.7 Å². The van der Waals surface area contributed by atoms with E-state index in [1.807, 2.05) is 19.1 Å². The minimum Gasteiger partial charge on any atom is -0.369 e. The summed E-state index contributed by atoms with van der Waals surface area (Å²) >= 11 is 0. The van der Waals surface area contributed by atoms with Crippen molar-refractivity contribution in [1.29, 1.82) is 0 Å². The van der Waals surface area contributed by atoms with Gasteiger partial charge in [0.2, 0.25) is 5.95 Å². The molecule has 0 radical (unpaired) electrons. The minimum atomic E-state index is -0.674. The molecule has 0 aliphatic rings. The number of nitrogens with zero attached hydrogens (tertiary/aromatic N) is 2. The van der Waals surface area contributed by atoms with Crippen molar-refractivity contribution in [2.24, 2.45) is 0 Å². The number of rotatable bonds is 1. The Morgan fingerprint density at radius 1 is 1.11 bits per heavy atom. The molecule has 5 heteroatoms. The van der Waals surface area contributed by atoms with E-state index in [2.05, 4.69) is 4.98 Å². The maximum absolute atomic E-state index is 13.9. The Balaban J connectivity index is 2.40. The van der Waals surface area contributed by atoms with Gasteiger partial charge >= 0.3 is 0 Å². The lowest BCUT2D eigenvalue weighted by Crippen LogP contribution is -2.05. The molecule has 3 nitrogen and oxygen atoms in total. The molecule has 3 aromatic rings. The van der Waals surface area contributed by atoms with Crippen molar-refractivity contribution in [1.82, 2.24) is 9.55 Å². The molecule has 0 spiro atoms. The standard InChI is InChI=1S/C14H11F2N3/c1-8-5-6-12-11(7-8)18-14(17)19(12)13-9(15)3-2-4-10(13)16/h2-7H,1H3,(H2,17,18). The number of benzene rings is 2. The highest BCUT2D eigenvalue weighted by atomic mass is 19.1. The zero-order chi connectivity index (χ0) is 13.6. The molecule has 0 saturated heterocycles. The van der Waals surface area contributed by atoms with Crippen LogP contribution in [0.5, 0.6) is 0 Å². The van der Waals surface area contributed by atoms with E-state index in [0.717, 1.165) is 5.56 Å². The van der Waals surface area contributed by atoms with E-state index in [4.69, 9.17) is 5.73 Å². The molecule has 19 heavy (non-hydrogen) atoms. The summed E-state index contributed by atoms with van der Waals surface area (Å²) in [5.41, 5.74) is 7.78. The molecule has 3 rings (SSSR count). The van der Waals surface area contributed by atoms with Gasteiger partial charge in [-0.15, -0.1) is 0 Å². The van der Waals surface area contributed by atoms with Crippen molar-refractivity contribution in [3.63, 3.8) is 0 Å². The van der Waals surface area contributed by atoms with Crippen LogP contribution >= 0.6 is 0 Å². The molecule has 2 N–H and O–H groups in total. The lowest BCUT2D eigenvalue weighted by Gasteiger charge is -2.08. The van der Waals surface area contributed by atoms with Crippen molar-refractivity contribution in [3.05, 3.63) is 53.6 Å². The summed E-state index contributed by atoms with van der Waals surface area (Å²) in [5, 5.41) is 0. The van der Waals surface area contributed by atoms with Gasteiger partial charge in [-0.2, -0.15) is 0 Å². The molecule has 0 amide bonds. The van der Waals surface area contributed by atoms with Crippen LogP contribution in [0.25, 0.3) is 16.7 Å². The number of hydrogen-bond donors (Lipinski definition) is 1. The van der Waals surface area contributed by atoms with Gasteiger partial charge in [-0.3, -0.25) is 4.57 Å². The zero-order valence-electron chi connectivity index (χ0n) is 10.2. The Morgan fingerprint density at radius 2 is 1.79 bits per heavy atom.